The minimum atomic E-state index is -0.0737. The molecular weight excluding hydrogens is 390 g/mol. The topological polar surface area (TPSA) is 49.7 Å². The Morgan fingerprint density at radius 1 is 1.19 bits per heavy atom. The first-order valence-corrected chi connectivity index (χ1v) is 11.8. The van der Waals surface area contributed by atoms with E-state index in [2.05, 4.69) is 32.0 Å². The largest absolute Gasteiger partial charge is 0.490 e. The van der Waals surface area contributed by atoms with E-state index < -0.39 is 0 Å². The second-order valence-electron chi connectivity index (χ2n) is 9.59. The number of hydrogen-bond acceptors (Lipinski definition) is 4. The molecule has 1 aromatic carbocycles. The predicted octanol–water partition coefficient (Wildman–Crippen LogP) is 4.33. The van der Waals surface area contributed by atoms with E-state index in [1.165, 1.54) is 28.7 Å². The zero-order chi connectivity index (χ0) is 21.4. The van der Waals surface area contributed by atoms with Crippen LogP contribution in [0.4, 0.5) is 0 Å². The van der Waals surface area contributed by atoms with Crippen molar-refractivity contribution in [1.29, 1.82) is 0 Å². The molecule has 0 amide bonds. The van der Waals surface area contributed by atoms with Gasteiger partial charge in [0.2, 0.25) is 0 Å². The molecule has 1 unspecified atom stereocenters. The third-order valence-corrected chi connectivity index (χ3v) is 6.65. The third-order valence-electron chi connectivity index (χ3n) is 6.65. The van der Waals surface area contributed by atoms with Gasteiger partial charge in [0.1, 0.15) is 18.5 Å². The van der Waals surface area contributed by atoms with Crippen LogP contribution < -0.4 is 10.3 Å². The van der Waals surface area contributed by atoms with E-state index in [9.17, 15) is 4.79 Å². The Morgan fingerprint density at radius 3 is 2.81 bits per heavy atom. The van der Waals surface area contributed by atoms with E-state index in [-0.39, 0.29) is 11.7 Å². The van der Waals surface area contributed by atoms with Gasteiger partial charge in [-0.1, -0.05) is 32.0 Å². The summed E-state index contributed by atoms with van der Waals surface area (Å²) in [7, 11) is 0. The van der Waals surface area contributed by atoms with Gasteiger partial charge in [-0.05, 0) is 55.1 Å². The van der Waals surface area contributed by atoms with Gasteiger partial charge in [0.05, 0.1) is 25.5 Å². The van der Waals surface area contributed by atoms with E-state index in [0.717, 1.165) is 43.7 Å². The van der Waals surface area contributed by atoms with Crippen LogP contribution in [-0.2, 0) is 28.9 Å². The minimum Gasteiger partial charge on any atom is -0.490 e. The molecule has 0 spiro atoms. The molecule has 166 valence electrons. The number of rotatable bonds is 7. The Kier molecular flexibility index (Phi) is 5.89. The normalized spacial score (nSPS) is 20.4. The van der Waals surface area contributed by atoms with Crippen molar-refractivity contribution < 1.29 is 14.2 Å². The summed E-state index contributed by atoms with van der Waals surface area (Å²) < 4.78 is 19.4. The lowest BCUT2D eigenvalue weighted by Crippen LogP contribution is -2.34. The molecule has 2 fully saturated rings. The van der Waals surface area contributed by atoms with Gasteiger partial charge in [0.15, 0.2) is 0 Å². The van der Waals surface area contributed by atoms with Crippen LogP contribution in [0.5, 0.6) is 5.75 Å². The number of ether oxygens (including phenoxy) is 3. The van der Waals surface area contributed by atoms with Gasteiger partial charge in [-0.25, -0.2) is 0 Å². The standard InChI is InChI=1S/C26H33NO4/c1-17(2)3-4-18-5-8-22-20(13-18)9-10-27-24(28)14-23(25(26(22)27)19-6-7-19)31-16-21-15-29-11-12-30-21/h5,8,13-14,17,19,21H,3-4,6-7,9-12,15-16H2,1-2H3. The molecule has 2 aliphatic heterocycles. The number of fused-ring (bicyclic) bond motifs is 3. The average Bonchev–Trinajstić information content (AvgIpc) is 3.61. The summed E-state index contributed by atoms with van der Waals surface area (Å²) >= 11 is 0. The van der Waals surface area contributed by atoms with Crippen molar-refractivity contribution in [2.24, 2.45) is 5.92 Å². The minimum absolute atomic E-state index is 0.0322. The Hall–Kier alpha value is -2.11. The highest BCUT2D eigenvalue weighted by Crippen LogP contribution is 2.49. The summed E-state index contributed by atoms with van der Waals surface area (Å²) in [4.78, 5) is 13.0. The molecule has 2 aromatic rings. The molecule has 5 nitrogen and oxygen atoms in total. The molecule has 5 rings (SSSR count). The van der Waals surface area contributed by atoms with Crippen molar-refractivity contribution in [2.75, 3.05) is 26.4 Å². The Bertz CT molecular complexity index is 999. The van der Waals surface area contributed by atoms with Gasteiger partial charge in [-0.3, -0.25) is 4.79 Å². The van der Waals surface area contributed by atoms with E-state index >= 15 is 0 Å². The van der Waals surface area contributed by atoms with Crippen LogP contribution in [-0.4, -0.2) is 37.1 Å². The highest BCUT2D eigenvalue weighted by molar-refractivity contribution is 5.73. The highest BCUT2D eigenvalue weighted by Gasteiger charge is 2.34. The molecule has 1 saturated carbocycles. The van der Waals surface area contributed by atoms with Crippen molar-refractivity contribution in [2.45, 2.75) is 64.5 Å². The lowest BCUT2D eigenvalue weighted by Gasteiger charge is -2.28. The molecule has 3 heterocycles. The molecule has 31 heavy (non-hydrogen) atoms. The second-order valence-corrected chi connectivity index (χ2v) is 9.59. The maximum Gasteiger partial charge on any atom is 0.254 e. The number of aromatic nitrogens is 1. The lowest BCUT2D eigenvalue weighted by atomic mass is 9.90. The third kappa shape index (κ3) is 4.44. The van der Waals surface area contributed by atoms with Crippen LogP contribution >= 0.6 is 0 Å². The van der Waals surface area contributed by atoms with Crippen molar-refractivity contribution in [3.05, 3.63) is 51.3 Å². The van der Waals surface area contributed by atoms with E-state index in [4.69, 9.17) is 14.2 Å². The molecule has 1 aromatic heterocycles. The Labute approximate surface area is 184 Å². The Balaban J connectivity index is 1.49. The number of hydrogen-bond donors (Lipinski definition) is 0. The van der Waals surface area contributed by atoms with Gasteiger partial charge in [-0.2, -0.15) is 0 Å². The van der Waals surface area contributed by atoms with Gasteiger partial charge >= 0.3 is 0 Å². The van der Waals surface area contributed by atoms with Crippen molar-refractivity contribution >= 4 is 0 Å². The lowest BCUT2D eigenvalue weighted by molar-refractivity contribution is -0.101. The maximum atomic E-state index is 13.0. The molecule has 0 radical (unpaired) electrons. The first kappa shape index (κ1) is 20.8. The number of aryl methyl sites for hydroxylation is 2. The first-order chi connectivity index (χ1) is 15.1. The van der Waals surface area contributed by atoms with Gasteiger partial charge in [0.25, 0.3) is 5.56 Å². The summed E-state index contributed by atoms with van der Waals surface area (Å²) in [6.45, 7) is 7.50. The molecule has 1 saturated heterocycles. The fraction of sp³-hybridized carbons (Fsp3) is 0.577. The fourth-order valence-electron chi connectivity index (χ4n) is 4.78. The second kappa shape index (κ2) is 8.79. The van der Waals surface area contributed by atoms with E-state index in [1.807, 2.05) is 4.57 Å². The molecule has 1 atom stereocenters. The van der Waals surface area contributed by atoms with Crippen molar-refractivity contribution in [1.82, 2.24) is 4.57 Å². The summed E-state index contributed by atoms with van der Waals surface area (Å²) in [5.41, 5.74) is 6.31. The zero-order valence-electron chi connectivity index (χ0n) is 18.7. The number of pyridine rings is 1. The Morgan fingerprint density at radius 2 is 2.06 bits per heavy atom. The average molecular weight is 424 g/mol. The number of benzene rings is 1. The monoisotopic (exact) mass is 423 g/mol. The van der Waals surface area contributed by atoms with Gasteiger partial charge in [0, 0.05) is 23.7 Å². The van der Waals surface area contributed by atoms with Crippen LogP contribution in [0.3, 0.4) is 0 Å². The highest BCUT2D eigenvalue weighted by atomic mass is 16.6. The van der Waals surface area contributed by atoms with E-state index in [1.54, 1.807) is 6.07 Å². The quantitative estimate of drug-likeness (QED) is 0.665. The summed E-state index contributed by atoms with van der Waals surface area (Å²) in [6, 6.07) is 8.55. The first-order valence-electron chi connectivity index (χ1n) is 11.8. The van der Waals surface area contributed by atoms with Gasteiger partial charge < -0.3 is 18.8 Å². The maximum absolute atomic E-state index is 13.0. The fourth-order valence-corrected chi connectivity index (χ4v) is 4.78. The van der Waals surface area contributed by atoms with Crippen LogP contribution in [0.25, 0.3) is 11.3 Å². The van der Waals surface area contributed by atoms with Crippen molar-refractivity contribution in [3.63, 3.8) is 0 Å². The zero-order valence-corrected chi connectivity index (χ0v) is 18.7. The summed E-state index contributed by atoms with van der Waals surface area (Å²) in [6.07, 6.45) is 5.47. The predicted molar refractivity (Wildman–Crippen MR) is 121 cm³/mol. The molecule has 3 aliphatic rings. The summed E-state index contributed by atoms with van der Waals surface area (Å²) in [5.74, 6) is 1.92. The molecular formula is C26H33NO4. The molecule has 0 bridgehead atoms. The van der Waals surface area contributed by atoms with Crippen LogP contribution in [0, 0.1) is 5.92 Å². The van der Waals surface area contributed by atoms with Crippen molar-refractivity contribution in [3.8, 4) is 17.0 Å². The molecule has 5 heteroatoms. The molecule has 0 N–H and O–H groups in total. The smallest absolute Gasteiger partial charge is 0.254 e. The van der Waals surface area contributed by atoms with E-state index in [0.29, 0.717) is 38.3 Å². The SMILES string of the molecule is CC(C)CCc1ccc2c(c1)CCn1c-2c(C2CC2)c(OCC2COCCO2)cc1=O. The summed E-state index contributed by atoms with van der Waals surface area (Å²) in [5, 5.41) is 0. The van der Waals surface area contributed by atoms with Crippen LogP contribution in [0.15, 0.2) is 29.1 Å². The molecule has 1 aliphatic carbocycles. The van der Waals surface area contributed by atoms with Gasteiger partial charge in [-0.15, -0.1) is 0 Å². The van der Waals surface area contributed by atoms with Crippen LogP contribution in [0.1, 0.15) is 55.7 Å². The van der Waals surface area contributed by atoms with Crippen LogP contribution in [0.2, 0.25) is 0 Å². The number of nitrogens with zero attached hydrogens (tertiary/aromatic N) is 1.